The van der Waals surface area contributed by atoms with Crippen LogP contribution in [0.4, 0.5) is 10.1 Å². The maximum atomic E-state index is 13.2. The zero-order chi connectivity index (χ0) is 18.4. The smallest absolute Gasteiger partial charge is 0.226 e. The van der Waals surface area contributed by atoms with Crippen molar-refractivity contribution in [1.82, 2.24) is 4.57 Å². The number of nitrogens with one attached hydrogen (secondary N) is 1. The third-order valence-electron chi connectivity index (χ3n) is 4.07. The number of anilines is 1. The molecule has 0 radical (unpaired) electrons. The summed E-state index contributed by atoms with van der Waals surface area (Å²) in [7, 11) is 0. The molecule has 26 heavy (non-hydrogen) atoms. The van der Waals surface area contributed by atoms with Crippen molar-refractivity contribution in [1.29, 1.82) is 0 Å². The third-order valence-corrected chi connectivity index (χ3v) is 4.07. The molecule has 1 N–H and O–H groups in total. The predicted octanol–water partition coefficient (Wildman–Crippen LogP) is 4.64. The van der Waals surface area contributed by atoms with Crippen LogP contribution in [0.1, 0.15) is 24.9 Å². The summed E-state index contributed by atoms with van der Waals surface area (Å²) in [6, 6.07) is 17.1. The molecule has 134 valence electrons. The number of halogens is 1. The van der Waals surface area contributed by atoms with Gasteiger partial charge in [0, 0.05) is 18.1 Å². The lowest BCUT2D eigenvalue weighted by Crippen LogP contribution is -2.19. The van der Waals surface area contributed by atoms with E-state index in [1.165, 1.54) is 12.1 Å². The van der Waals surface area contributed by atoms with Crippen LogP contribution in [0.3, 0.4) is 0 Å². The Kier molecular flexibility index (Phi) is 5.69. The molecular formula is C21H21FN2O2. The summed E-state index contributed by atoms with van der Waals surface area (Å²) in [6.45, 7) is 2.52. The van der Waals surface area contributed by atoms with Crippen molar-refractivity contribution in [2.24, 2.45) is 0 Å². The Morgan fingerprint density at radius 1 is 1.08 bits per heavy atom. The van der Waals surface area contributed by atoms with E-state index in [9.17, 15) is 9.18 Å². The molecule has 0 aliphatic carbocycles. The van der Waals surface area contributed by atoms with Gasteiger partial charge in [-0.05, 0) is 61.0 Å². The fraction of sp³-hybridized carbons (Fsp3) is 0.190. The van der Waals surface area contributed by atoms with E-state index in [1.807, 2.05) is 60.3 Å². The lowest BCUT2D eigenvalue weighted by Gasteiger charge is -2.19. The number of aromatic nitrogens is 1. The lowest BCUT2D eigenvalue weighted by molar-refractivity contribution is -0.116. The van der Waals surface area contributed by atoms with E-state index in [2.05, 4.69) is 5.32 Å². The number of benzene rings is 2. The van der Waals surface area contributed by atoms with Gasteiger partial charge < -0.3 is 14.6 Å². The maximum Gasteiger partial charge on any atom is 0.226 e. The lowest BCUT2D eigenvalue weighted by atomic mass is 10.0. The van der Waals surface area contributed by atoms with Gasteiger partial charge in [0.15, 0.2) is 0 Å². The first-order valence-electron chi connectivity index (χ1n) is 8.56. The second kappa shape index (κ2) is 8.34. The Bertz CT molecular complexity index is 827. The van der Waals surface area contributed by atoms with Gasteiger partial charge in [-0.15, -0.1) is 0 Å². The molecular weight excluding hydrogens is 331 g/mol. The van der Waals surface area contributed by atoms with Gasteiger partial charge in [0.25, 0.3) is 0 Å². The zero-order valence-electron chi connectivity index (χ0n) is 14.6. The van der Waals surface area contributed by atoms with Gasteiger partial charge in [-0.2, -0.15) is 0 Å². The van der Waals surface area contributed by atoms with Gasteiger partial charge in [0.2, 0.25) is 5.91 Å². The second-order valence-electron chi connectivity index (χ2n) is 5.91. The number of nitrogens with zero attached hydrogens (tertiary/aromatic N) is 1. The highest BCUT2D eigenvalue weighted by Gasteiger charge is 2.17. The quantitative estimate of drug-likeness (QED) is 0.673. The second-order valence-corrected chi connectivity index (χ2v) is 5.91. The molecule has 4 nitrogen and oxygen atoms in total. The Labute approximate surface area is 152 Å². The van der Waals surface area contributed by atoms with E-state index in [0.29, 0.717) is 12.3 Å². The zero-order valence-corrected chi connectivity index (χ0v) is 14.6. The molecule has 1 aromatic heterocycles. The Morgan fingerprint density at radius 2 is 1.73 bits per heavy atom. The van der Waals surface area contributed by atoms with Crippen molar-refractivity contribution in [2.75, 3.05) is 11.9 Å². The Hall–Kier alpha value is -3.08. The van der Waals surface area contributed by atoms with Gasteiger partial charge in [0.1, 0.15) is 11.6 Å². The molecule has 3 rings (SSSR count). The van der Waals surface area contributed by atoms with Crippen LogP contribution in [-0.4, -0.2) is 17.1 Å². The van der Waals surface area contributed by atoms with E-state index in [-0.39, 0.29) is 24.2 Å². The molecule has 1 atom stereocenters. The van der Waals surface area contributed by atoms with Crippen LogP contribution in [0.15, 0.2) is 73.1 Å². The standard InChI is InChI=1S/C21H21FN2O2/c1-2-26-19-11-9-18(10-12-19)23-21(25)15-20(24-13-3-4-14-24)16-5-7-17(22)8-6-16/h3-14,20H,2,15H2,1H3,(H,23,25)/t20-/m0/s1. The summed E-state index contributed by atoms with van der Waals surface area (Å²) in [5, 5.41) is 2.90. The number of hydrogen-bond acceptors (Lipinski definition) is 2. The highest BCUT2D eigenvalue weighted by Crippen LogP contribution is 2.24. The van der Waals surface area contributed by atoms with Crippen LogP contribution in [0.5, 0.6) is 5.75 Å². The van der Waals surface area contributed by atoms with Crippen molar-refractivity contribution in [2.45, 2.75) is 19.4 Å². The van der Waals surface area contributed by atoms with E-state index in [4.69, 9.17) is 4.74 Å². The Balaban J connectivity index is 1.72. The summed E-state index contributed by atoms with van der Waals surface area (Å²) >= 11 is 0. The highest BCUT2D eigenvalue weighted by molar-refractivity contribution is 5.91. The number of amides is 1. The van der Waals surface area contributed by atoms with Gasteiger partial charge in [-0.25, -0.2) is 4.39 Å². The van der Waals surface area contributed by atoms with Crippen LogP contribution >= 0.6 is 0 Å². The van der Waals surface area contributed by atoms with Crippen LogP contribution in [0, 0.1) is 5.82 Å². The molecule has 0 saturated heterocycles. The fourth-order valence-electron chi connectivity index (χ4n) is 2.82. The van der Waals surface area contributed by atoms with Crippen molar-refractivity contribution in [3.8, 4) is 5.75 Å². The average molecular weight is 352 g/mol. The summed E-state index contributed by atoms with van der Waals surface area (Å²) in [5.74, 6) is 0.359. The fourth-order valence-corrected chi connectivity index (χ4v) is 2.82. The number of hydrogen-bond donors (Lipinski definition) is 1. The molecule has 0 saturated carbocycles. The topological polar surface area (TPSA) is 43.3 Å². The maximum absolute atomic E-state index is 13.2. The predicted molar refractivity (Wildman–Crippen MR) is 99.8 cm³/mol. The molecule has 2 aromatic carbocycles. The normalized spacial score (nSPS) is 11.8. The van der Waals surface area contributed by atoms with Gasteiger partial charge >= 0.3 is 0 Å². The number of ether oxygens (including phenoxy) is 1. The number of carbonyl (C=O) groups is 1. The first kappa shape index (κ1) is 17.7. The van der Waals surface area contributed by atoms with Crippen molar-refractivity contribution in [3.05, 3.63) is 84.4 Å². The number of carbonyl (C=O) groups excluding carboxylic acids is 1. The summed E-state index contributed by atoms with van der Waals surface area (Å²) < 4.78 is 20.6. The van der Waals surface area contributed by atoms with E-state index in [1.54, 1.807) is 12.1 Å². The molecule has 0 fully saturated rings. The molecule has 3 aromatic rings. The summed E-state index contributed by atoms with van der Waals surface area (Å²) in [5.41, 5.74) is 1.59. The van der Waals surface area contributed by atoms with E-state index >= 15 is 0 Å². The van der Waals surface area contributed by atoms with Gasteiger partial charge in [0.05, 0.1) is 19.1 Å². The largest absolute Gasteiger partial charge is 0.494 e. The van der Waals surface area contributed by atoms with Crippen LogP contribution < -0.4 is 10.1 Å². The first-order valence-corrected chi connectivity index (χ1v) is 8.56. The molecule has 0 bridgehead atoms. The minimum atomic E-state index is -0.293. The molecule has 1 heterocycles. The van der Waals surface area contributed by atoms with E-state index in [0.717, 1.165) is 11.3 Å². The minimum absolute atomic E-state index is 0.114. The third kappa shape index (κ3) is 4.51. The van der Waals surface area contributed by atoms with E-state index < -0.39 is 0 Å². The molecule has 5 heteroatoms. The first-order chi connectivity index (χ1) is 12.7. The van der Waals surface area contributed by atoms with Crippen molar-refractivity contribution in [3.63, 3.8) is 0 Å². The average Bonchev–Trinajstić information content (AvgIpc) is 3.17. The molecule has 0 aliphatic rings. The monoisotopic (exact) mass is 352 g/mol. The highest BCUT2D eigenvalue weighted by atomic mass is 19.1. The van der Waals surface area contributed by atoms with Gasteiger partial charge in [-0.3, -0.25) is 4.79 Å². The summed E-state index contributed by atoms with van der Waals surface area (Å²) in [4.78, 5) is 12.5. The molecule has 1 amide bonds. The van der Waals surface area contributed by atoms with Crippen LogP contribution in [0.2, 0.25) is 0 Å². The van der Waals surface area contributed by atoms with Crippen LogP contribution in [0.25, 0.3) is 0 Å². The SMILES string of the molecule is CCOc1ccc(NC(=O)C[C@@H](c2ccc(F)cc2)n2cccc2)cc1. The van der Waals surface area contributed by atoms with Crippen molar-refractivity contribution >= 4 is 11.6 Å². The number of rotatable bonds is 7. The van der Waals surface area contributed by atoms with Crippen LogP contribution in [-0.2, 0) is 4.79 Å². The summed E-state index contributed by atoms with van der Waals surface area (Å²) in [6.07, 6.45) is 4.05. The molecule has 0 spiro atoms. The minimum Gasteiger partial charge on any atom is -0.494 e. The Morgan fingerprint density at radius 3 is 2.35 bits per heavy atom. The van der Waals surface area contributed by atoms with Crippen molar-refractivity contribution < 1.29 is 13.9 Å². The van der Waals surface area contributed by atoms with Gasteiger partial charge in [-0.1, -0.05) is 12.1 Å². The molecule has 0 unspecified atom stereocenters. The molecule has 0 aliphatic heterocycles.